The monoisotopic (exact) mass is 306 g/mol. The number of nitrogens with zero attached hydrogens (tertiary/aromatic N) is 1. The lowest BCUT2D eigenvalue weighted by Crippen LogP contribution is -2.24. The molecule has 1 atom stereocenters. The number of nitrogens with one attached hydrogen (secondary N) is 1. The Labute approximate surface area is 138 Å². The summed E-state index contributed by atoms with van der Waals surface area (Å²) in [7, 11) is 0. The standard InChI is InChI=1S/C20H38N2/c1-10-19(8,11-2)17-16(15(7)14(5)6)21-18(22-17)20(9,12-3)13-4/h14-15H,10-13H2,1-9H3,(H,21,22). The van der Waals surface area contributed by atoms with Gasteiger partial charge in [0.1, 0.15) is 5.82 Å². The number of aromatic amines is 1. The lowest BCUT2D eigenvalue weighted by Gasteiger charge is -2.28. The summed E-state index contributed by atoms with van der Waals surface area (Å²) >= 11 is 0. The molecular formula is C20H38N2. The first-order valence-electron chi connectivity index (χ1n) is 9.29. The molecule has 0 aromatic carbocycles. The Bertz CT molecular complexity index is 462. The average Bonchev–Trinajstić information content (AvgIpc) is 2.98. The molecule has 1 aromatic heterocycles. The van der Waals surface area contributed by atoms with E-state index in [0.717, 1.165) is 25.7 Å². The highest BCUT2D eigenvalue weighted by Crippen LogP contribution is 2.39. The van der Waals surface area contributed by atoms with Crippen molar-refractivity contribution in [2.24, 2.45) is 5.92 Å². The molecule has 1 unspecified atom stereocenters. The van der Waals surface area contributed by atoms with Gasteiger partial charge in [-0.2, -0.15) is 0 Å². The molecule has 0 saturated carbocycles. The third-order valence-electron chi connectivity index (χ3n) is 6.45. The third kappa shape index (κ3) is 3.41. The van der Waals surface area contributed by atoms with E-state index in [2.05, 4.69) is 67.3 Å². The summed E-state index contributed by atoms with van der Waals surface area (Å²) in [5.74, 6) is 2.34. The molecule has 1 aromatic rings. The second-order valence-electron chi connectivity index (χ2n) is 7.92. The third-order valence-corrected chi connectivity index (χ3v) is 6.45. The zero-order chi connectivity index (χ0) is 17.1. The predicted molar refractivity (Wildman–Crippen MR) is 97.7 cm³/mol. The van der Waals surface area contributed by atoms with Gasteiger partial charge in [-0.05, 0) is 31.6 Å². The van der Waals surface area contributed by atoms with E-state index in [4.69, 9.17) is 4.98 Å². The zero-order valence-electron chi connectivity index (χ0n) is 16.4. The Morgan fingerprint density at radius 2 is 1.32 bits per heavy atom. The SMILES string of the molecule is CCC(C)(CC)c1nc(C(C)(CC)CC)c(C(C)C(C)C)[nH]1. The van der Waals surface area contributed by atoms with Gasteiger partial charge in [0, 0.05) is 22.4 Å². The highest BCUT2D eigenvalue weighted by molar-refractivity contribution is 5.29. The maximum absolute atomic E-state index is 5.19. The Morgan fingerprint density at radius 3 is 1.68 bits per heavy atom. The molecule has 1 rings (SSSR count). The minimum atomic E-state index is 0.159. The van der Waals surface area contributed by atoms with Crippen LogP contribution in [0.5, 0.6) is 0 Å². The fourth-order valence-electron chi connectivity index (χ4n) is 2.97. The molecule has 0 aliphatic carbocycles. The van der Waals surface area contributed by atoms with Gasteiger partial charge in [-0.1, -0.05) is 62.3 Å². The van der Waals surface area contributed by atoms with Crippen LogP contribution in [0.3, 0.4) is 0 Å². The molecule has 0 aliphatic heterocycles. The molecule has 0 bridgehead atoms. The Hall–Kier alpha value is -0.790. The Balaban J connectivity index is 3.50. The van der Waals surface area contributed by atoms with Crippen molar-refractivity contribution in [2.45, 2.75) is 105 Å². The Morgan fingerprint density at radius 1 is 0.864 bits per heavy atom. The lowest BCUT2D eigenvalue weighted by atomic mass is 9.77. The van der Waals surface area contributed by atoms with Crippen LogP contribution in [0.1, 0.15) is 111 Å². The summed E-state index contributed by atoms with van der Waals surface area (Å²) in [6.45, 7) is 20.8. The first kappa shape index (κ1) is 19.3. The molecular weight excluding hydrogens is 268 g/mol. The number of hydrogen-bond donors (Lipinski definition) is 1. The molecule has 22 heavy (non-hydrogen) atoms. The fraction of sp³-hybridized carbons (Fsp3) is 0.850. The zero-order valence-corrected chi connectivity index (χ0v) is 16.4. The quantitative estimate of drug-likeness (QED) is 0.597. The Kier molecular flexibility index (Phi) is 6.29. The van der Waals surface area contributed by atoms with Crippen molar-refractivity contribution >= 4 is 0 Å². The summed E-state index contributed by atoms with van der Waals surface area (Å²) in [5, 5.41) is 0. The molecule has 1 heterocycles. The van der Waals surface area contributed by atoms with E-state index in [0.29, 0.717) is 11.8 Å². The second kappa shape index (κ2) is 7.19. The first-order chi connectivity index (χ1) is 10.2. The van der Waals surface area contributed by atoms with Crippen molar-refractivity contribution in [1.29, 1.82) is 0 Å². The number of aromatic nitrogens is 2. The van der Waals surface area contributed by atoms with Gasteiger partial charge in [0.2, 0.25) is 0 Å². The highest BCUT2D eigenvalue weighted by Gasteiger charge is 2.35. The van der Waals surface area contributed by atoms with Crippen LogP contribution in [0.4, 0.5) is 0 Å². The van der Waals surface area contributed by atoms with E-state index in [1.165, 1.54) is 17.2 Å². The minimum absolute atomic E-state index is 0.159. The van der Waals surface area contributed by atoms with Crippen molar-refractivity contribution in [3.05, 3.63) is 17.2 Å². The summed E-state index contributed by atoms with van der Waals surface area (Å²) in [6, 6.07) is 0. The van der Waals surface area contributed by atoms with E-state index in [1.54, 1.807) is 0 Å². The number of H-pyrrole nitrogens is 1. The van der Waals surface area contributed by atoms with Crippen molar-refractivity contribution in [1.82, 2.24) is 9.97 Å². The van der Waals surface area contributed by atoms with Crippen LogP contribution in [-0.4, -0.2) is 9.97 Å². The topological polar surface area (TPSA) is 28.7 Å². The molecule has 0 saturated heterocycles. The normalized spacial score (nSPS) is 14.6. The smallest absolute Gasteiger partial charge is 0.112 e. The molecule has 0 fully saturated rings. The summed E-state index contributed by atoms with van der Waals surface area (Å²) < 4.78 is 0. The molecule has 0 spiro atoms. The van der Waals surface area contributed by atoms with Crippen molar-refractivity contribution in [3.63, 3.8) is 0 Å². The molecule has 128 valence electrons. The van der Waals surface area contributed by atoms with E-state index >= 15 is 0 Å². The molecule has 2 heteroatoms. The maximum Gasteiger partial charge on any atom is 0.112 e. The lowest BCUT2D eigenvalue weighted by molar-refractivity contribution is 0.401. The van der Waals surface area contributed by atoms with E-state index in [1.807, 2.05) is 0 Å². The molecule has 2 nitrogen and oxygen atoms in total. The summed E-state index contributed by atoms with van der Waals surface area (Å²) in [4.78, 5) is 8.95. The van der Waals surface area contributed by atoms with Gasteiger partial charge in [-0.3, -0.25) is 0 Å². The van der Waals surface area contributed by atoms with E-state index in [9.17, 15) is 0 Å². The van der Waals surface area contributed by atoms with E-state index in [-0.39, 0.29) is 10.8 Å². The van der Waals surface area contributed by atoms with Gasteiger partial charge in [-0.25, -0.2) is 4.98 Å². The number of rotatable bonds is 8. The maximum atomic E-state index is 5.19. The average molecular weight is 307 g/mol. The van der Waals surface area contributed by atoms with Gasteiger partial charge in [-0.15, -0.1) is 0 Å². The van der Waals surface area contributed by atoms with Crippen LogP contribution in [0, 0.1) is 5.92 Å². The summed E-state index contributed by atoms with van der Waals surface area (Å²) in [6.07, 6.45) is 4.53. The van der Waals surface area contributed by atoms with Gasteiger partial charge >= 0.3 is 0 Å². The predicted octanol–water partition coefficient (Wildman–Crippen LogP) is 6.32. The second-order valence-corrected chi connectivity index (χ2v) is 7.92. The largest absolute Gasteiger partial charge is 0.345 e. The van der Waals surface area contributed by atoms with Crippen LogP contribution in [-0.2, 0) is 10.8 Å². The molecule has 0 aliphatic rings. The van der Waals surface area contributed by atoms with Gasteiger partial charge in [0.15, 0.2) is 0 Å². The summed E-state index contributed by atoms with van der Waals surface area (Å²) in [5.41, 5.74) is 3.04. The number of imidazole rings is 1. The molecule has 0 amide bonds. The van der Waals surface area contributed by atoms with Crippen LogP contribution < -0.4 is 0 Å². The van der Waals surface area contributed by atoms with Gasteiger partial charge in [0.25, 0.3) is 0 Å². The minimum Gasteiger partial charge on any atom is -0.345 e. The molecule has 0 radical (unpaired) electrons. The fourth-order valence-corrected chi connectivity index (χ4v) is 2.97. The van der Waals surface area contributed by atoms with Gasteiger partial charge in [0.05, 0.1) is 5.69 Å². The van der Waals surface area contributed by atoms with E-state index < -0.39 is 0 Å². The first-order valence-corrected chi connectivity index (χ1v) is 9.29. The van der Waals surface area contributed by atoms with Crippen molar-refractivity contribution in [2.75, 3.05) is 0 Å². The number of hydrogen-bond acceptors (Lipinski definition) is 1. The highest BCUT2D eigenvalue weighted by atomic mass is 15.0. The van der Waals surface area contributed by atoms with Crippen molar-refractivity contribution in [3.8, 4) is 0 Å². The van der Waals surface area contributed by atoms with Crippen molar-refractivity contribution < 1.29 is 0 Å². The van der Waals surface area contributed by atoms with Crippen LogP contribution in [0.15, 0.2) is 0 Å². The van der Waals surface area contributed by atoms with Crippen LogP contribution in [0.25, 0.3) is 0 Å². The van der Waals surface area contributed by atoms with Crippen LogP contribution in [0.2, 0.25) is 0 Å². The molecule has 1 N–H and O–H groups in total. The van der Waals surface area contributed by atoms with Gasteiger partial charge < -0.3 is 4.98 Å². The van der Waals surface area contributed by atoms with Crippen LogP contribution >= 0.6 is 0 Å².